The van der Waals surface area contributed by atoms with E-state index in [0.29, 0.717) is 43.3 Å². The van der Waals surface area contributed by atoms with E-state index < -0.39 is 12.0 Å². The van der Waals surface area contributed by atoms with Crippen LogP contribution in [0, 0.1) is 6.57 Å². The molecule has 268 valence electrons. The lowest BCUT2D eigenvalue weighted by atomic mass is 9.82. The maximum absolute atomic E-state index is 12.5. The van der Waals surface area contributed by atoms with Crippen molar-refractivity contribution in [2.24, 2.45) is 0 Å². The fourth-order valence-corrected chi connectivity index (χ4v) is 7.17. The molecule has 2 aromatic carbocycles. The number of nitrogens with two attached hydrogens (primary N) is 1. The van der Waals surface area contributed by atoms with Crippen molar-refractivity contribution in [1.82, 2.24) is 30.6 Å². The van der Waals surface area contributed by atoms with Gasteiger partial charge in [-0.15, -0.1) is 11.3 Å². The number of aromatic nitrogens is 4. The van der Waals surface area contributed by atoms with E-state index in [-0.39, 0.29) is 30.3 Å². The number of nitrogens with one attached hydrogen (secondary N) is 3. The molecule has 6 rings (SSSR count). The van der Waals surface area contributed by atoms with Gasteiger partial charge in [0, 0.05) is 48.1 Å². The Bertz CT molecular complexity index is 2170. The summed E-state index contributed by atoms with van der Waals surface area (Å²) in [6.07, 6.45) is 2.66. The van der Waals surface area contributed by atoms with Crippen molar-refractivity contribution in [3.63, 3.8) is 0 Å². The van der Waals surface area contributed by atoms with Gasteiger partial charge in [0.05, 0.1) is 26.1 Å². The summed E-state index contributed by atoms with van der Waals surface area (Å²) in [5.74, 6) is 0.00199. The van der Waals surface area contributed by atoms with Gasteiger partial charge in [0.15, 0.2) is 5.65 Å². The molecule has 1 aliphatic rings. The highest BCUT2D eigenvalue weighted by Crippen LogP contribution is 2.53. The van der Waals surface area contributed by atoms with Gasteiger partial charge >= 0.3 is 6.09 Å². The minimum atomic E-state index is -0.496. The molecule has 52 heavy (non-hydrogen) atoms. The van der Waals surface area contributed by atoms with E-state index in [9.17, 15) is 9.59 Å². The first-order valence-electron chi connectivity index (χ1n) is 16.5. The van der Waals surface area contributed by atoms with E-state index in [1.807, 2.05) is 31.3 Å². The maximum atomic E-state index is 12.5. The lowest BCUT2D eigenvalue weighted by Gasteiger charge is -2.24. The average Bonchev–Trinajstić information content (AvgIpc) is 3.84. The van der Waals surface area contributed by atoms with Crippen LogP contribution < -0.4 is 26.0 Å². The smallest absolute Gasteiger partial charge is 0.407 e. The van der Waals surface area contributed by atoms with Crippen molar-refractivity contribution >= 4 is 52.2 Å². The summed E-state index contributed by atoms with van der Waals surface area (Å²) in [5, 5.41) is 5.51. The van der Waals surface area contributed by atoms with Crippen LogP contribution in [0.25, 0.3) is 32.5 Å². The highest BCUT2D eigenvalue weighted by molar-refractivity contribution is 7.16. The Morgan fingerprint density at radius 2 is 1.87 bits per heavy atom. The fraction of sp³-hybridized carbons (Fsp3) is 0.297. The predicted molar refractivity (Wildman–Crippen MR) is 200 cm³/mol. The number of carbonyl (C=O) groups excluding carboxylic acids is 2. The summed E-state index contributed by atoms with van der Waals surface area (Å²) in [4.78, 5) is 47.7. The van der Waals surface area contributed by atoms with Gasteiger partial charge in [0.1, 0.15) is 18.7 Å². The molecule has 1 aliphatic carbocycles. The molecule has 0 aliphatic heterocycles. The second-order valence-electron chi connectivity index (χ2n) is 12.6. The average molecular weight is 722 g/mol. The second-order valence-corrected chi connectivity index (χ2v) is 13.7. The van der Waals surface area contributed by atoms with Crippen LogP contribution in [0.2, 0.25) is 0 Å². The van der Waals surface area contributed by atoms with E-state index in [1.54, 1.807) is 24.5 Å². The maximum Gasteiger partial charge on any atom is 0.407 e. The Hall–Kier alpha value is -5.98. The molecule has 0 saturated heterocycles. The number of fused-ring (bicyclic) bond motifs is 4. The minimum Gasteiger partial charge on any atom is -0.471 e. The van der Waals surface area contributed by atoms with Crippen molar-refractivity contribution in [2.75, 3.05) is 51.1 Å². The Morgan fingerprint density at radius 1 is 1.08 bits per heavy atom. The number of likely N-dealkylation sites (N-methyl/N-ethyl adjacent to an activating group) is 1. The number of aromatic amines is 1. The molecule has 14 nitrogen and oxygen atoms in total. The van der Waals surface area contributed by atoms with Crippen LogP contribution in [-0.2, 0) is 32.8 Å². The summed E-state index contributed by atoms with van der Waals surface area (Å²) in [7, 11) is 3.53. The number of benzene rings is 2. The lowest BCUT2D eigenvalue weighted by molar-refractivity contribution is -0.117. The van der Waals surface area contributed by atoms with Crippen LogP contribution in [0.5, 0.6) is 5.88 Å². The number of methoxy groups -OCH3 is 1. The summed E-state index contributed by atoms with van der Waals surface area (Å²) in [6.45, 7) is 13.9. The first kappa shape index (κ1) is 35.8. The lowest BCUT2D eigenvalue weighted by Crippen LogP contribution is -2.29. The van der Waals surface area contributed by atoms with Crippen molar-refractivity contribution in [1.29, 1.82) is 0 Å². The highest BCUT2D eigenvalue weighted by atomic mass is 32.1. The van der Waals surface area contributed by atoms with E-state index >= 15 is 0 Å². The number of H-pyrrole nitrogens is 1. The first-order valence-corrected chi connectivity index (χ1v) is 17.3. The third kappa shape index (κ3) is 7.83. The molecule has 0 spiro atoms. The number of amides is 2. The van der Waals surface area contributed by atoms with Gasteiger partial charge in [0.2, 0.25) is 17.7 Å². The number of nitrogen functional groups attached to an aromatic ring is 1. The van der Waals surface area contributed by atoms with Crippen LogP contribution in [-0.4, -0.2) is 72.4 Å². The molecule has 0 radical (unpaired) electrons. The van der Waals surface area contributed by atoms with Crippen LogP contribution in [0.15, 0.2) is 60.6 Å². The Morgan fingerprint density at radius 3 is 2.63 bits per heavy atom. The fourth-order valence-electron chi connectivity index (χ4n) is 5.88. The number of thiophene rings is 1. The zero-order valence-corrected chi connectivity index (χ0v) is 30.1. The van der Waals surface area contributed by atoms with Crippen molar-refractivity contribution in [2.45, 2.75) is 32.4 Å². The van der Waals surface area contributed by atoms with Gasteiger partial charge in [-0.2, -0.15) is 9.97 Å². The van der Waals surface area contributed by atoms with Crippen molar-refractivity contribution in [3.8, 4) is 16.3 Å². The second kappa shape index (κ2) is 15.5. The Balaban J connectivity index is 0.979. The molecule has 3 heterocycles. The van der Waals surface area contributed by atoms with Gasteiger partial charge in [-0.1, -0.05) is 44.2 Å². The van der Waals surface area contributed by atoms with E-state index in [4.69, 9.17) is 26.5 Å². The topological polar surface area (TPSA) is 174 Å². The molecule has 15 heteroatoms. The number of hydrogen-bond acceptors (Lipinski definition) is 11. The summed E-state index contributed by atoms with van der Waals surface area (Å²) < 4.78 is 16.3. The quantitative estimate of drug-likeness (QED) is 0.0672. The number of carbonyl (C=O) groups is 2. The third-order valence-electron chi connectivity index (χ3n) is 8.78. The van der Waals surface area contributed by atoms with Gasteiger partial charge in [-0.3, -0.25) is 4.79 Å². The van der Waals surface area contributed by atoms with Gasteiger partial charge < -0.3 is 40.5 Å². The van der Waals surface area contributed by atoms with Gasteiger partial charge in [-0.05, 0) is 52.1 Å². The molecular weight excluding hydrogens is 683 g/mol. The number of hydrogen-bond donors (Lipinski definition) is 4. The molecule has 5 N–H and O–H groups in total. The van der Waals surface area contributed by atoms with Crippen LogP contribution >= 0.6 is 11.3 Å². The number of alkyl carbamates (subject to hydrolysis) is 1. The normalized spacial score (nSPS) is 12.9. The minimum absolute atomic E-state index is 0.0433. The SMILES string of the molecule is [C-]#[N+]/C(=C\c1cc2c(s1)-c1ccc(N(C)CCOC(=O)NCc3ccc(COc4nc(N)nc5nc[nH]c45)cc3)cc1C2(C)C)C(=O)NCCOC. The predicted octanol–water partition coefficient (Wildman–Crippen LogP) is 5.27. The molecule has 0 unspecified atom stereocenters. The monoisotopic (exact) mass is 721 g/mol. The molecule has 2 amide bonds. The molecule has 0 fully saturated rings. The highest BCUT2D eigenvalue weighted by Gasteiger charge is 2.37. The number of anilines is 2. The molecular formula is C37H39N9O5S. The van der Waals surface area contributed by atoms with Crippen LogP contribution in [0.4, 0.5) is 16.4 Å². The van der Waals surface area contributed by atoms with Crippen molar-refractivity contribution in [3.05, 3.63) is 99.1 Å². The third-order valence-corrected chi connectivity index (χ3v) is 9.89. The standard InChI is InChI=1S/C37H39N9O5S/c1-37(2)27-16-24(10-11-26(27)31-28(37)17-25(52-31)18-29(39-3)33(47)40-12-14-49-5)46(4)13-15-50-36(48)41-19-22-6-8-23(9-7-22)20-51-34-30-32(43-21-42-30)44-35(38)45-34/h6-11,16-18,21H,12-15,19-20H2,1-2,4-5H3,(H,40,47)(H,41,48)(H3,38,42,43,44,45)/b29-18-. The van der Waals surface area contributed by atoms with Gasteiger partial charge in [-0.25, -0.2) is 14.6 Å². The number of nitrogens with zero attached hydrogens (tertiary/aromatic N) is 5. The number of ether oxygens (including phenoxy) is 3. The molecule has 3 aromatic heterocycles. The van der Waals surface area contributed by atoms with E-state index in [2.05, 4.69) is 78.4 Å². The first-order chi connectivity index (χ1) is 25.1. The van der Waals surface area contributed by atoms with Gasteiger partial charge in [0.25, 0.3) is 5.70 Å². The van der Waals surface area contributed by atoms with E-state index in [1.165, 1.54) is 11.9 Å². The zero-order valence-electron chi connectivity index (χ0n) is 29.3. The summed E-state index contributed by atoms with van der Waals surface area (Å²) in [5.41, 5.74) is 12.9. The Kier molecular flexibility index (Phi) is 10.7. The zero-order chi connectivity index (χ0) is 36.8. The summed E-state index contributed by atoms with van der Waals surface area (Å²) >= 11 is 1.57. The molecule has 0 atom stereocenters. The molecule has 5 aromatic rings. The number of rotatable bonds is 14. The number of imidazole rings is 1. The molecule has 0 bridgehead atoms. The van der Waals surface area contributed by atoms with Crippen LogP contribution in [0.1, 0.15) is 41.0 Å². The summed E-state index contributed by atoms with van der Waals surface area (Å²) in [6, 6.07) is 16.1. The Labute approximate surface area is 304 Å². The largest absolute Gasteiger partial charge is 0.471 e. The van der Waals surface area contributed by atoms with E-state index in [0.717, 1.165) is 37.7 Å². The molecule has 0 saturated carbocycles. The van der Waals surface area contributed by atoms with Crippen molar-refractivity contribution < 1.29 is 23.8 Å². The van der Waals surface area contributed by atoms with Crippen LogP contribution in [0.3, 0.4) is 0 Å².